The quantitative estimate of drug-likeness (QED) is 0.819. The lowest BCUT2D eigenvalue weighted by atomic mass is 9.89. The van der Waals surface area contributed by atoms with Gasteiger partial charge in [0.25, 0.3) is 0 Å². The Labute approximate surface area is 129 Å². The van der Waals surface area contributed by atoms with Crippen molar-refractivity contribution in [2.45, 2.75) is 25.9 Å². The highest BCUT2D eigenvalue weighted by Gasteiger charge is 2.36. The average Bonchev–Trinajstić information content (AvgIpc) is 2.95. The van der Waals surface area contributed by atoms with E-state index in [9.17, 15) is 18.0 Å². The molecule has 0 aromatic rings. The Kier molecular flexibility index (Phi) is 6.31. The van der Waals surface area contributed by atoms with Gasteiger partial charge >= 0.3 is 6.18 Å². The van der Waals surface area contributed by atoms with Crippen LogP contribution in [0.15, 0.2) is 0 Å². The zero-order chi connectivity index (χ0) is 14.8. The van der Waals surface area contributed by atoms with Gasteiger partial charge in [-0.15, -0.1) is 12.4 Å². The van der Waals surface area contributed by atoms with Gasteiger partial charge in [0.2, 0.25) is 5.91 Å². The number of halogens is 4. The number of amides is 1. The molecule has 2 fully saturated rings. The monoisotopic (exact) mass is 329 g/mol. The van der Waals surface area contributed by atoms with Crippen LogP contribution in [0.2, 0.25) is 0 Å². The van der Waals surface area contributed by atoms with Crippen LogP contribution in [0.4, 0.5) is 13.2 Å². The molecule has 124 valence electrons. The molecule has 2 rings (SSSR count). The van der Waals surface area contributed by atoms with Crippen LogP contribution in [0, 0.1) is 11.3 Å². The standard InChI is InChI=1S/C13H22F3N3O.ClH/c1-12(3-4-17-7-12)9-19-5-2-10(6-19)11(20)18-8-13(14,15)16;/h10,17H,2-9H2,1H3,(H,18,20);1H. The maximum Gasteiger partial charge on any atom is 0.405 e. The van der Waals surface area contributed by atoms with Gasteiger partial charge in [0.1, 0.15) is 6.54 Å². The minimum Gasteiger partial charge on any atom is -0.347 e. The molecule has 0 aromatic heterocycles. The number of nitrogens with one attached hydrogen (secondary N) is 2. The van der Waals surface area contributed by atoms with Gasteiger partial charge in [-0.1, -0.05) is 6.92 Å². The van der Waals surface area contributed by atoms with Crippen LogP contribution >= 0.6 is 12.4 Å². The summed E-state index contributed by atoms with van der Waals surface area (Å²) < 4.78 is 36.2. The summed E-state index contributed by atoms with van der Waals surface area (Å²) in [5.41, 5.74) is 0.220. The van der Waals surface area contributed by atoms with Crippen LogP contribution in [0.5, 0.6) is 0 Å². The first-order valence-corrected chi connectivity index (χ1v) is 7.05. The summed E-state index contributed by atoms with van der Waals surface area (Å²) in [7, 11) is 0. The molecule has 0 saturated carbocycles. The summed E-state index contributed by atoms with van der Waals surface area (Å²) in [4.78, 5) is 13.9. The molecule has 2 heterocycles. The number of rotatable bonds is 4. The van der Waals surface area contributed by atoms with Gasteiger partial charge in [-0.2, -0.15) is 13.2 Å². The topological polar surface area (TPSA) is 44.4 Å². The smallest absolute Gasteiger partial charge is 0.347 e. The summed E-state index contributed by atoms with van der Waals surface area (Å²) in [6, 6.07) is 0. The van der Waals surface area contributed by atoms with E-state index < -0.39 is 18.6 Å². The van der Waals surface area contributed by atoms with E-state index >= 15 is 0 Å². The Morgan fingerprint density at radius 1 is 1.48 bits per heavy atom. The van der Waals surface area contributed by atoms with Crippen LogP contribution in [0.1, 0.15) is 19.8 Å². The van der Waals surface area contributed by atoms with Crippen molar-refractivity contribution < 1.29 is 18.0 Å². The van der Waals surface area contributed by atoms with Crippen molar-refractivity contribution in [2.24, 2.45) is 11.3 Å². The second kappa shape index (κ2) is 7.15. The van der Waals surface area contributed by atoms with Crippen molar-refractivity contribution >= 4 is 18.3 Å². The Morgan fingerprint density at radius 2 is 2.19 bits per heavy atom. The number of hydrogen-bond acceptors (Lipinski definition) is 3. The molecule has 2 aliphatic heterocycles. The van der Waals surface area contributed by atoms with Crippen molar-refractivity contribution in [1.82, 2.24) is 15.5 Å². The van der Waals surface area contributed by atoms with Crippen LogP contribution in [-0.2, 0) is 4.79 Å². The number of nitrogens with zero attached hydrogens (tertiary/aromatic N) is 1. The minimum absolute atomic E-state index is 0. The molecule has 0 radical (unpaired) electrons. The third-order valence-corrected chi connectivity index (χ3v) is 4.17. The van der Waals surface area contributed by atoms with E-state index in [4.69, 9.17) is 0 Å². The molecule has 0 aliphatic carbocycles. The fraction of sp³-hybridized carbons (Fsp3) is 0.923. The molecule has 4 nitrogen and oxygen atoms in total. The van der Waals surface area contributed by atoms with Crippen molar-refractivity contribution in [3.8, 4) is 0 Å². The second-order valence-electron chi connectivity index (χ2n) is 6.29. The third kappa shape index (κ3) is 5.64. The lowest BCUT2D eigenvalue weighted by Gasteiger charge is -2.29. The van der Waals surface area contributed by atoms with E-state index in [0.29, 0.717) is 13.0 Å². The van der Waals surface area contributed by atoms with E-state index in [1.165, 1.54) is 0 Å². The molecule has 2 atom stereocenters. The number of alkyl halides is 3. The van der Waals surface area contributed by atoms with Crippen LogP contribution < -0.4 is 10.6 Å². The van der Waals surface area contributed by atoms with E-state index in [0.717, 1.165) is 32.6 Å². The van der Waals surface area contributed by atoms with E-state index in [2.05, 4.69) is 17.1 Å². The summed E-state index contributed by atoms with van der Waals surface area (Å²) in [6.07, 6.45) is -2.58. The van der Waals surface area contributed by atoms with Crippen LogP contribution in [0.3, 0.4) is 0 Å². The van der Waals surface area contributed by atoms with Crippen molar-refractivity contribution in [3.63, 3.8) is 0 Å². The highest BCUT2D eigenvalue weighted by molar-refractivity contribution is 5.85. The van der Waals surface area contributed by atoms with Crippen molar-refractivity contribution in [2.75, 3.05) is 39.3 Å². The molecule has 0 spiro atoms. The predicted molar refractivity (Wildman–Crippen MR) is 76.5 cm³/mol. The fourth-order valence-corrected chi connectivity index (χ4v) is 3.07. The molecule has 21 heavy (non-hydrogen) atoms. The van der Waals surface area contributed by atoms with E-state index in [1.807, 2.05) is 5.32 Å². The average molecular weight is 330 g/mol. The van der Waals surface area contributed by atoms with Crippen LogP contribution in [0.25, 0.3) is 0 Å². The summed E-state index contributed by atoms with van der Waals surface area (Å²) in [5.74, 6) is -0.783. The molecular formula is C13H23ClF3N3O. The van der Waals surface area contributed by atoms with E-state index in [-0.39, 0.29) is 23.7 Å². The second-order valence-corrected chi connectivity index (χ2v) is 6.29. The number of likely N-dealkylation sites (tertiary alicyclic amines) is 1. The largest absolute Gasteiger partial charge is 0.405 e. The number of carbonyl (C=O) groups is 1. The Balaban J connectivity index is 0.00000220. The van der Waals surface area contributed by atoms with Gasteiger partial charge in [0.05, 0.1) is 5.92 Å². The highest BCUT2D eigenvalue weighted by atomic mass is 35.5. The van der Waals surface area contributed by atoms with Gasteiger partial charge in [0.15, 0.2) is 0 Å². The van der Waals surface area contributed by atoms with Crippen LogP contribution in [-0.4, -0.2) is 56.3 Å². The number of carbonyl (C=O) groups excluding carboxylic acids is 1. The predicted octanol–water partition coefficient (Wildman–Crippen LogP) is 1.41. The van der Waals surface area contributed by atoms with Crippen molar-refractivity contribution in [1.29, 1.82) is 0 Å². The first-order chi connectivity index (χ1) is 9.27. The normalized spacial score (nSPS) is 30.2. The zero-order valence-electron chi connectivity index (χ0n) is 12.1. The molecule has 0 bridgehead atoms. The van der Waals surface area contributed by atoms with Gasteiger partial charge in [-0.3, -0.25) is 4.79 Å². The summed E-state index contributed by atoms with van der Waals surface area (Å²) in [5, 5.41) is 5.31. The molecule has 1 amide bonds. The lowest BCUT2D eigenvalue weighted by molar-refractivity contribution is -0.140. The Bertz CT molecular complexity index is 359. The first kappa shape index (κ1) is 18.5. The molecular weight excluding hydrogens is 307 g/mol. The van der Waals surface area contributed by atoms with Gasteiger partial charge < -0.3 is 15.5 Å². The summed E-state index contributed by atoms with van der Waals surface area (Å²) >= 11 is 0. The Morgan fingerprint density at radius 3 is 2.76 bits per heavy atom. The molecule has 0 aromatic carbocycles. The first-order valence-electron chi connectivity index (χ1n) is 7.05. The summed E-state index contributed by atoms with van der Waals surface area (Å²) in [6.45, 7) is 5.23. The van der Waals surface area contributed by atoms with Gasteiger partial charge in [0, 0.05) is 19.6 Å². The van der Waals surface area contributed by atoms with Gasteiger partial charge in [-0.25, -0.2) is 0 Å². The molecule has 2 saturated heterocycles. The minimum atomic E-state index is -4.34. The maximum absolute atomic E-state index is 12.1. The highest BCUT2D eigenvalue weighted by Crippen LogP contribution is 2.28. The molecule has 2 unspecified atom stereocenters. The molecule has 2 aliphatic rings. The van der Waals surface area contributed by atoms with Crippen molar-refractivity contribution in [3.05, 3.63) is 0 Å². The zero-order valence-corrected chi connectivity index (χ0v) is 12.9. The van der Waals surface area contributed by atoms with Gasteiger partial charge in [-0.05, 0) is 31.3 Å². The number of hydrogen-bond donors (Lipinski definition) is 2. The Hall–Kier alpha value is -0.530. The third-order valence-electron chi connectivity index (χ3n) is 4.17. The van der Waals surface area contributed by atoms with E-state index in [1.54, 1.807) is 0 Å². The SMILES string of the molecule is CC1(CN2CCC(C(=O)NCC(F)(F)F)C2)CCNC1.Cl. The fourth-order valence-electron chi connectivity index (χ4n) is 3.07. The molecule has 8 heteroatoms. The lowest BCUT2D eigenvalue weighted by Crippen LogP contribution is -2.40. The molecule has 2 N–H and O–H groups in total. The maximum atomic E-state index is 12.1.